The third-order valence-electron chi connectivity index (χ3n) is 3.96. The van der Waals surface area contributed by atoms with Crippen molar-refractivity contribution < 1.29 is 23.1 Å². The van der Waals surface area contributed by atoms with Crippen molar-refractivity contribution in [2.75, 3.05) is 13.2 Å². The Morgan fingerprint density at radius 2 is 1.89 bits per heavy atom. The van der Waals surface area contributed by atoms with E-state index in [4.69, 9.17) is 11.2 Å². The number of ether oxygens (including phenoxy) is 1. The maximum absolute atomic E-state index is 13.4. The van der Waals surface area contributed by atoms with Gasteiger partial charge in [-0.25, -0.2) is 13.6 Å². The quantitative estimate of drug-likeness (QED) is 0.613. The number of nitrogens with one attached hydrogen (secondary N) is 2. The average molecular weight is 380 g/mol. The zero-order valence-corrected chi connectivity index (χ0v) is 15.7. The molecule has 0 heterocycles. The molecule has 7 heteroatoms. The molecule has 0 saturated heterocycles. The molecule has 0 bridgehead atoms. The van der Waals surface area contributed by atoms with Crippen molar-refractivity contribution in [3.63, 3.8) is 0 Å². The third kappa shape index (κ3) is 9.04. The van der Waals surface area contributed by atoms with E-state index in [0.29, 0.717) is 12.3 Å². The summed E-state index contributed by atoms with van der Waals surface area (Å²) >= 11 is 0. The molecule has 148 valence electrons. The second-order valence-corrected chi connectivity index (χ2v) is 6.42. The average Bonchev–Trinajstić information content (AvgIpc) is 2.58. The minimum atomic E-state index is -1.07. The van der Waals surface area contributed by atoms with Crippen molar-refractivity contribution in [3.05, 3.63) is 35.4 Å². The van der Waals surface area contributed by atoms with E-state index in [1.807, 2.05) is 0 Å². The maximum atomic E-state index is 13.4. The van der Waals surface area contributed by atoms with Crippen LogP contribution in [0.4, 0.5) is 13.6 Å². The van der Waals surface area contributed by atoms with Gasteiger partial charge in [-0.2, -0.15) is 0 Å². The minimum Gasteiger partial charge on any atom is -0.450 e. The van der Waals surface area contributed by atoms with Crippen molar-refractivity contribution in [3.8, 4) is 12.3 Å². The van der Waals surface area contributed by atoms with Gasteiger partial charge in [-0.3, -0.25) is 4.79 Å². The van der Waals surface area contributed by atoms with Gasteiger partial charge in [-0.1, -0.05) is 32.6 Å². The molecule has 2 atom stereocenters. The SMILES string of the molecule is C#CCNC(=O)[C@H](Cc1cc(F)cc(F)c1)NC(=O)OCCC(C)CCC. The molecular weight excluding hydrogens is 354 g/mol. The normalized spacial score (nSPS) is 12.6. The van der Waals surface area contributed by atoms with Gasteiger partial charge in [0.05, 0.1) is 13.2 Å². The second kappa shape index (κ2) is 11.9. The number of hydrogen-bond acceptors (Lipinski definition) is 3. The summed E-state index contributed by atoms with van der Waals surface area (Å²) in [6.07, 6.45) is 7.04. The van der Waals surface area contributed by atoms with E-state index in [1.54, 1.807) is 0 Å². The van der Waals surface area contributed by atoms with Gasteiger partial charge in [0.1, 0.15) is 17.7 Å². The van der Waals surface area contributed by atoms with Crippen LogP contribution in [0.15, 0.2) is 18.2 Å². The Bertz CT molecular complexity index is 653. The summed E-state index contributed by atoms with van der Waals surface area (Å²) in [4.78, 5) is 24.2. The molecule has 1 unspecified atom stereocenters. The van der Waals surface area contributed by atoms with Gasteiger partial charge in [0, 0.05) is 12.5 Å². The molecule has 0 radical (unpaired) electrons. The number of halogens is 2. The first kappa shape index (κ1) is 22.4. The van der Waals surface area contributed by atoms with Gasteiger partial charge in [-0.05, 0) is 30.0 Å². The molecule has 0 aromatic heterocycles. The number of alkyl carbamates (subject to hydrolysis) is 1. The molecule has 27 heavy (non-hydrogen) atoms. The summed E-state index contributed by atoms with van der Waals surface area (Å²) in [5, 5.41) is 4.88. The molecule has 1 aromatic rings. The lowest BCUT2D eigenvalue weighted by Crippen LogP contribution is -2.48. The van der Waals surface area contributed by atoms with Crippen LogP contribution in [0.1, 0.15) is 38.7 Å². The molecule has 5 nitrogen and oxygen atoms in total. The molecule has 0 saturated carbocycles. The Labute approximate surface area is 158 Å². The Morgan fingerprint density at radius 1 is 1.22 bits per heavy atom. The first-order valence-electron chi connectivity index (χ1n) is 8.95. The molecule has 0 fully saturated rings. The van der Waals surface area contributed by atoms with Crippen LogP contribution in [0, 0.1) is 29.9 Å². The molecule has 0 spiro atoms. The highest BCUT2D eigenvalue weighted by Crippen LogP contribution is 2.11. The molecular formula is C20H26F2N2O3. The fraction of sp³-hybridized carbons (Fsp3) is 0.500. The molecule has 0 aliphatic rings. The van der Waals surface area contributed by atoms with Gasteiger partial charge in [-0.15, -0.1) is 6.42 Å². The highest BCUT2D eigenvalue weighted by Gasteiger charge is 2.22. The van der Waals surface area contributed by atoms with Crippen molar-refractivity contribution >= 4 is 12.0 Å². The molecule has 0 aliphatic heterocycles. The van der Waals surface area contributed by atoms with Gasteiger partial charge in [0.15, 0.2) is 0 Å². The topological polar surface area (TPSA) is 67.4 Å². The lowest BCUT2D eigenvalue weighted by atomic mass is 10.0. The van der Waals surface area contributed by atoms with Crippen molar-refractivity contribution in [2.45, 2.75) is 45.6 Å². The van der Waals surface area contributed by atoms with E-state index in [0.717, 1.165) is 31.0 Å². The summed E-state index contributed by atoms with van der Waals surface area (Å²) in [6.45, 7) is 4.34. The van der Waals surface area contributed by atoms with Crippen molar-refractivity contribution in [1.29, 1.82) is 0 Å². The number of rotatable bonds is 10. The van der Waals surface area contributed by atoms with Crippen LogP contribution in [0.5, 0.6) is 0 Å². The van der Waals surface area contributed by atoms with Crippen LogP contribution in [0.25, 0.3) is 0 Å². The van der Waals surface area contributed by atoms with Crippen molar-refractivity contribution in [1.82, 2.24) is 10.6 Å². The van der Waals surface area contributed by atoms with E-state index in [1.165, 1.54) is 0 Å². The zero-order valence-electron chi connectivity index (χ0n) is 15.7. The summed E-state index contributed by atoms with van der Waals surface area (Å²) in [5.74, 6) is 0.587. The van der Waals surface area contributed by atoms with E-state index >= 15 is 0 Å². The van der Waals surface area contributed by atoms with Gasteiger partial charge >= 0.3 is 6.09 Å². The van der Waals surface area contributed by atoms with E-state index in [-0.39, 0.29) is 25.1 Å². The molecule has 2 amide bonds. The van der Waals surface area contributed by atoms with Crippen LogP contribution in [0.2, 0.25) is 0 Å². The second-order valence-electron chi connectivity index (χ2n) is 6.42. The van der Waals surface area contributed by atoms with Crippen LogP contribution < -0.4 is 10.6 Å². The summed E-state index contributed by atoms with van der Waals surface area (Å²) in [5.41, 5.74) is 0.227. The van der Waals surface area contributed by atoms with Gasteiger partial charge in [0.2, 0.25) is 5.91 Å². The highest BCUT2D eigenvalue weighted by molar-refractivity contribution is 5.86. The number of benzene rings is 1. The largest absolute Gasteiger partial charge is 0.450 e. The van der Waals surface area contributed by atoms with Gasteiger partial charge in [0.25, 0.3) is 0 Å². The lowest BCUT2D eigenvalue weighted by Gasteiger charge is -2.18. The predicted molar refractivity (Wildman–Crippen MR) is 98.9 cm³/mol. The Balaban J connectivity index is 2.69. The highest BCUT2D eigenvalue weighted by atomic mass is 19.1. The standard InChI is InChI=1S/C20H26F2N2O3/c1-4-6-14(3)7-9-27-20(26)24-18(19(25)23-8-5-2)12-15-10-16(21)13-17(22)11-15/h2,10-11,13-14,18H,4,6-9,12H2,1,3H3,(H,23,25)(H,24,26)/t14?,18-/m0/s1. The number of terminal acetylenes is 1. The Kier molecular flexibility index (Phi) is 9.88. The smallest absolute Gasteiger partial charge is 0.407 e. The summed E-state index contributed by atoms with van der Waals surface area (Å²) in [7, 11) is 0. The van der Waals surface area contributed by atoms with Crippen molar-refractivity contribution in [2.24, 2.45) is 5.92 Å². The minimum absolute atomic E-state index is 0.0297. The number of carbonyl (C=O) groups is 2. The first-order valence-corrected chi connectivity index (χ1v) is 8.95. The number of carbonyl (C=O) groups excluding carboxylic acids is 2. The lowest BCUT2D eigenvalue weighted by molar-refractivity contribution is -0.122. The molecule has 0 aliphatic carbocycles. The van der Waals surface area contributed by atoms with Crippen LogP contribution in [-0.2, 0) is 16.0 Å². The van der Waals surface area contributed by atoms with Crippen LogP contribution in [-0.4, -0.2) is 31.2 Å². The van der Waals surface area contributed by atoms with E-state index < -0.39 is 29.7 Å². The van der Waals surface area contributed by atoms with E-state index in [2.05, 4.69) is 30.4 Å². The Morgan fingerprint density at radius 3 is 2.48 bits per heavy atom. The maximum Gasteiger partial charge on any atom is 0.407 e. The predicted octanol–water partition coefficient (Wildman–Crippen LogP) is 3.18. The fourth-order valence-electron chi connectivity index (χ4n) is 2.61. The monoisotopic (exact) mass is 380 g/mol. The number of hydrogen-bond donors (Lipinski definition) is 2. The van der Waals surface area contributed by atoms with Gasteiger partial charge < -0.3 is 15.4 Å². The zero-order chi connectivity index (χ0) is 20.2. The van der Waals surface area contributed by atoms with E-state index in [9.17, 15) is 18.4 Å². The third-order valence-corrected chi connectivity index (χ3v) is 3.96. The van der Waals surface area contributed by atoms with Crippen LogP contribution >= 0.6 is 0 Å². The molecule has 2 N–H and O–H groups in total. The Hall–Kier alpha value is -2.62. The summed E-state index contributed by atoms with van der Waals surface area (Å²) < 4.78 is 31.9. The fourth-order valence-corrected chi connectivity index (χ4v) is 2.61. The summed E-state index contributed by atoms with van der Waals surface area (Å²) in [6, 6.07) is 1.87. The molecule has 1 aromatic carbocycles. The van der Waals surface area contributed by atoms with Crippen LogP contribution in [0.3, 0.4) is 0 Å². The number of amides is 2. The molecule has 1 rings (SSSR count). The first-order chi connectivity index (χ1) is 12.8.